The molecule has 4 heteroatoms. The Morgan fingerprint density at radius 2 is 2.07 bits per heavy atom. The van der Waals surface area contributed by atoms with Crippen LogP contribution in [0.4, 0.5) is 5.69 Å². The Hall–Kier alpha value is -1.71. The lowest BCUT2D eigenvalue weighted by molar-refractivity contribution is 0.316. The van der Waals surface area contributed by atoms with Crippen molar-refractivity contribution in [3.8, 4) is 0 Å². The molecule has 0 aliphatic rings. The first-order valence-electron chi connectivity index (χ1n) is 4.98. The van der Waals surface area contributed by atoms with E-state index in [9.17, 15) is 0 Å². The van der Waals surface area contributed by atoms with Crippen LogP contribution >= 0.6 is 0 Å². The summed E-state index contributed by atoms with van der Waals surface area (Å²) in [5.41, 5.74) is 7.72. The molecule has 0 amide bonds. The van der Waals surface area contributed by atoms with Crippen molar-refractivity contribution in [1.29, 1.82) is 0 Å². The maximum atomic E-state index is 8.58. The zero-order chi connectivity index (χ0) is 11.3. The lowest BCUT2D eigenvalue weighted by atomic mass is 10.1. The third-order valence-corrected chi connectivity index (χ3v) is 2.27. The highest BCUT2D eigenvalue weighted by atomic mass is 16.4. The van der Waals surface area contributed by atoms with Gasteiger partial charge in [0.1, 0.15) is 0 Å². The molecule has 4 N–H and O–H groups in total. The van der Waals surface area contributed by atoms with Gasteiger partial charge in [-0.3, -0.25) is 0 Å². The Bertz CT molecular complexity index is 332. The Balaban J connectivity index is 2.71. The van der Waals surface area contributed by atoms with E-state index in [1.54, 1.807) is 0 Å². The fourth-order valence-corrected chi connectivity index (χ4v) is 1.31. The van der Waals surface area contributed by atoms with Crippen molar-refractivity contribution in [3.63, 3.8) is 0 Å². The molecule has 0 saturated carbocycles. The number of nitrogens with two attached hydrogens (primary N) is 1. The zero-order valence-corrected chi connectivity index (χ0v) is 9.07. The number of amidine groups is 1. The van der Waals surface area contributed by atoms with Crippen LogP contribution in [0.3, 0.4) is 0 Å². The van der Waals surface area contributed by atoms with Gasteiger partial charge in [-0.05, 0) is 25.5 Å². The molecule has 82 valence electrons. The summed E-state index contributed by atoms with van der Waals surface area (Å²) in [6, 6.07) is 7.85. The van der Waals surface area contributed by atoms with E-state index in [-0.39, 0.29) is 11.9 Å². The van der Waals surface area contributed by atoms with Crippen LogP contribution in [0.15, 0.2) is 29.4 Å². The smallest absolute Gasteiger partial charge is 0.161 e. The van der Waals surface area contributed by atoms with E-state index in [1.165, 1.54) is 5.56 Å². The van der Waals surface area contributed by atoms with E-state index in [0.717, 1.165) is 12.1 Å². The average Bonchev–Trinajstić information content (AvgIpc) is 2.27. The summed E-state index contributed by atoms with van der Waals surface area (Å²) in [4.78, 5) is 0. The molecule has 1 aromatic carbocycles. The highest BCUT2D eigenvalue weighted by molar-refractivity contribution is 5.87. The predicted molar refractivity (Wildman–Crippen MR) is 62.3 cm³/mol. The number of hydrogen-bond donors (Lipinski definition) is 3. The minimum Gasteiger partial charge on any atom is -0.409 e. The van der Waals surface area contributed by atoms with Crippen molar-refractivity contribution in [3.05, 3.63) is 29.8 Å². The van der Waals surface area contributed by atoms with Gasteiger partial charge < -0.3 is 16.3 Å². The number of nitrogens with one attached hydrogen (secondary N) is 1. The molecule has 0 aromatic heterocycles. The van der Waals surface area contributed by atoms with Crippen molar-refractivity contribution < 1.29 is 5.21 Å². The highest BCUT2D eigenvalue weighted by Gasteiger charge is 2.10. The zero-order valence-electron chi connectivity index (χ0n) is 9.07. The fraction of sp³-hybridized carbons (Fsp3) is 0.364. The summed E-state index contributed by atoms with van der Waals surface area (Å²) < 4.78 is 0. The molecule has 0 saturated heterocycles. The summed E-state index contributed by atoms with van der Waals surface area (Å²) in [6.45, 7) is 4.01. The second-order valence-corrected chi connectivity index (χ2v) is 3.50. The van der Waals surface area contributed by atoms with E-state index in [2.05, 4.69) is 10.5 Å². The third kappa shape index (κ3) is 3.16. The second-order valence-electron chi connectivity index (χ2n) is 3.50. The summed E-state index contributed by atoms with van der Waals surface area (Å²) in [7, 11) is 0. The van der Waals surface area contributed by atoms with E-state index in [0.29, 0.717) is 0 Å². The Labute approximate surface area is 89.8 Å². The minimum atomic E-state index is -0.127. The van der Waals surface area contributed by atoms with Crippen LogP contribution < -0.4 is 11.1 Å². The van der Waals surface area contributed by atoms with Gasteiger partial charge in [-0.2, -0.15) is 0 Å². The maximum absolute atomic E-state index is 8.58. The average molecular weight is 207 g/mol. The molecule has 4 nitrogen and oxygen atoms in total. The van der Waals surface area contributed by atoms with Crippen molar-refractivity contribution in [2.45, 2.75) is 26.3 Å². The molecule has 0 fully saturated rings. The molecule has 1 rings (SSSR count). The lowest BCUT2D eigenvalue weighted by Gasteiger charge is -2.16. The lowest BCUT2D eigenvalue weighted by Crippen LogP contribution is -2.35. The molecule has 0 spiro atoms. The van der Waals surface area contributed by atoms with Crippen molar-refractivity contribution in [1.82, 2.24) is 0 Å². The molecule has 15 heavy (non-hydrogen) atoms. The highest BCUT2D eigenvalue weighted by Crippen LogP contribution is 2.11. The van der Waals surface area contributed by atoms with E-state index < -0.39 is 0 Å². The Kier molecular flexibility index (Phi) is 3.97. The van der Waals surface area contributed by atoms with Gasteiger partial charge in [0.15, 0.2) is 5.84 Å². The molecule has 1 aromatic rings. The molecule has 0 aliphatic carbocycles. The first kappa shape index (κ1) is 11.4. The quantitative estimate of drug-likeness (QED) is 0.306. The summed E-state index contributed by atoms with van der Waals surface area (Å²) in [5, 5.41) is 14.8. The van der Waals surface area contributed by atoms with Gasteiger partial charge in [0, 0.05) is 5.69 Å². The number of hydrogen-bond acceptors (Lipinski definition) is 3. The van der Waals surface area contributed by atoms with Crippen molar-refractivity contribution in [2.24, 2.45) is 10.9 Å². The minimum absolute atomic E-state index is 0.127. The van der Waals surface area contributed by atoms with Crippen LogP contribution in [0.5, 0.6) is 0 Å². The van der Waals surface area contributed by atoms with E-state index in [4.69, 9.17) is 10.9 Å². The number of oxime groups is 1. The van der Waals surface area contributed by atoms with Gasteiger partial charge in [-0.1, -0.05) is 29.8 Å². The molecular weight excluding hydrogens is 190 g/mol. The first-order chi connectivity index (χ1) is 7.17. The molecule has 0 radical (unpaired) electrons. The summed E-state index contributed by atoms with van der Waals surface area (Å²) in [5.74, 6) is 0.207. The molecule has 0 aliphatic heterocycles. The molecular formula is C11H17N3O. The molecule has 1 unspecified atom stereocenters. The predicted octanol–water partition coefficient (Wildman–Crippen LogP) is 1.93. The van der Waals surface area contributed by atoms with Gasteiger partial charge in [-0.25, -0.2) is 0 Å². The third-order valence-electron chi connectivity index (χ3n) is 2.27. The van der Waals surface area contributed by atoms with Crippen molar-refractivity contribution >= 4 is 11.5 Å². The van der Waals surface area contributed by atoms with Crippen LogP contribution in [-0.4, -0.2) is 17.1 Å². The number of rotatable bonds is 4. The molecule has 0 bridgehead atoms. The van der Waals surface area contributed by atoms with Gasteiger partial charge in [-0.15, -0.1) is 0 Å². The number of anilines is 1. The van der Waals surface area contributed by atoms with Gasteiger partial charge in [0.25, 0.3) is 0 Å². The van der Waals surface area contributed by atoms with E-state index in [1.807, 2.05) is 38.1 Å². The number of aryl methyl sites for hydroxylation is 1. The van der Waals surface area contributed by atoms with Crippen LogP contribution in [0, 0.1) is 6.92 Å². The van der Waals surface area contributed by atoms with Crippen LogP contribution in [-0.2, 0) is 0 Å². The SMILES string of the molecule is CCC(Nc1ccc(C)cc1)C(N)=NO. The van der Waals surface area contributed by atoms with Crippen LogP contribution in [0.1, 0.15) is 18.9 Å². The fourth-order valence-electron chi connectivity index (χ4n) is 1.31. The van der Waals surface area contributed by atoms with Crippen molar-refractivity contribution in [2.75, 3.05) is 5.32 Å². The normalized spacial score (nSPS) is 13.6. The van der Waals surface area contributed by atoms with Crippen LogP contribution in [0.2, 0.25) is 0 Å². The maximum Gasteiger partial charge on any atom is 0.161 e. The largest absolute Gasteiger partial charge is 0.409 e. The van der Waals surface area contributed by atoms with E-state index >= 15 is 0 Å². The molecule has 0 heterocycles. The van der Waals surface area contributed by atoms with Gasteiger partial charge in [0.2, 0.25) is 0 Å². The number of nitrogens with zero attached hydrogens (tertiary/aromatic N) is 1. The standard InChI is InChI=1S/C11H17N3O/c1-3-10(11(12)14-15)13-9-6-4-8(2)5-7-9/h4-7,10,13,15H,3H2,1-2H3,(H2,12,14). The summed E-state index contributed by atoms with van der Waals surface area (Å²) in [6.07, 6.45) is 0.768. The Morgan fingerprint density at radius 1 is 1.47 bits per heavy atom. The first-order valence-corrected chi connectivity index (χ1v) is 4.98. The molecule has 1 atom stereocenters. The Morgan fingerprint density at radius 3 is 2.53 bits per heavy atom. The number of benzene rings is 1. The van der Waals surface area contributed by atoms with Gasteiger partial charge >= 0.3 is 0 Å². The summed E-state index contributed by atoms with van der Waals surface area (Å²) >= 11 is 0. The van der Waals surface area contributed by atoms with Gasteiger partial charge in [0.05, 0.1) is 6.04 Å². The monoisotopic (exact) mass is 207 g/mol. The topological polar surface area (TPSA) is 70.6 Å². The second kappa shape index (κ2) is 5.24. The van der Waals surface area contributed by atoms with Crippen LogP contribution in [0.25, 0.3) is 0 Å².